The van der Waals surface area contributed by atoms with E-state index < -0.39 is 0 Å². The van der Waals surface area contributed by atoms with E-state index in [1.807, 2.05) is 34.8 Å². The number of para-hydroxylation sites is 1. The molecule has 0 atom stereocenters. The topological polar surface area (TPSA) is 20.2 Å². The molecule has 4 nitrogen and oxygen atoms in total. The summed E-state index contributed by atoms with van der Waals surface area (Å²) >= 11 is 0. The van der Waals surface area contributed by atoms with Crippen LogP contribution >= 0.6 is 21.6 Å². The highest BCUT2D eigenvalue weighted by molar-refractivity contribution is 8.76. The van der Waals surface area contributed by atoms with E-state index in [0.29, 0.717) is 0 Å². The van der Waals surface area contributed by atoms with E-state index in [1.165, 1.54) is 58.7 Å². The summed E-state index contributed by atoms with van der Waals surface area (Å²) in [5, 5.41) is 4.41. The van der Waals surface area contributed by atoms with Crippen LogP contribution in [0.5, 0.6) is 0 Å². The van der Waals surface area contributed by atoms with Crippen LogP contribution in [0.1, 0.15) is 24.6 Å². The Bertz CT molecular complexity index is 970. The molecule has 0 unspecified atom stereocenters. The lowest BCUT2D eigenvalue weighted by Gasteiger charge is -2.30. The second-order valence-electron chi connectivity index (χ2n) is 9.60. The number of allylic oxidation sites excluding steroid dienone is 4. The first-order valence-corrected chi connectivity index (χ1v) is 14.7. The fourth-order valence-electron chi connectivity index (χ4n) is 3.95. The third-order valence-electron chi connectivity index (χ3n) is 6.13. The largest absolute Gasteiger partial charge is 0.394 e. The first-order valence-electron chi connectivity index (χ1n) is 12.3. The molecular weight excluding hydrogens is 456 g/mol. The second-order valence-corrected chi connectivity index (χ2v) is 12.3. The van der Waals surface area contributed by atoms with Crippen molar-refractivity contribution in [3.8, 4) is 0 Å². The molecule has 1 N–H and O–H groups in total. The zero-order chi connectivity index (χ0) is 25.0. The summed E-state index contributed by atoms with van der Waals surface area (Å²) in [6.07, 6.45) is 11.9. The van der Waals surface area contributed by atoms with Crippen molar-refractivity contribution in [1.29, 1.82) is 0 Å². The van der Waals surface area contributed by atoms with Gasteiger partial charge in [-0.25, -0.2) is 0 Å². The summed E-state index contributed by atoms with van der Waals surface area (Å²) in [5.74, 6) is 2.41. The monoisotopic (exact) mass is 501 g/mol. The summed E-state index contributed by atoms with van der Waals surface area (Å²) in [6.45, 7) is 8.96. The van der Waals surface area contributed by atoms with Gasteiger partial charge in [-0.2, -0.15) is 0 Å². The summed E-state index contributed by atoms with van der Waals surface area (Å²) in [6, 6.07) is 8.82. The van der Waals surface area contributed by atoms with Gasteiger partial charge in [-0.15, -0.1) is 0 Å². The summed E-state index contributed by atoms with van der Waals surface area (Å²) in [7, 11) is 15.0. The highest BCUT2D eigenvalue weighted by atomic mass is 33.1. The predicted octanol–water partition coefficient (Wildman–Crippen LogP) is 6.05. The van der Waals surface area contributed by atoms with Gasteiger partial charge in [0.25, 0.3) is 0 Å². The van der Waals surface area contributed by atoms with Gasteiger partial charge < -0.3 is 19.3 Å². The van der Waals surface area contributed by atoms with Crippen molar-refractivity contribution >= 4 is 38.6 Å². The van der Waals surface area contributed by atoms with Crippen LogP contribution in [0.15, 0.2) is 54.3 Å². The van der Waals surface area contributed by atoms with Crippen molar-refractivity contribution in [2.24, 2.45) is 0 Å². The van der Waals surface area contributed by atoms with E-state index in [-0.39, 0.29) is 0 Å². The van der Waals surface area contributed by atoms with Crippen LogP contribution in [0, 0.1) is 6.92 Å². The summed E-state index contributed by atoms with van der Waals surface area (Å²) < 4.78 is 3.59. The number of hydrogen-bond acceptors (Lipinski definition) is 4. The van der Waals surface area contributed by atoms with Gasteiger partial charge >= 0.3 is 0 Å². The van der Waals surface area contributed by atoms with Gasteiger partial charge in [0.1, 0.15) is 0 Å². The minimum atomic E-state index is 1.06. The normalized spacial score (nSPS) is 13.2. The van der Waals surface area contributed by atoms with Gasteiger partial charge in [0, 0.05) is 54.5 Å². The highest BCUT2D eigenvalue weighted by Gasteiger charge is 2.16. The van der Waals surface area contributed by atoms with Gasteiger partial charge in [0.2, 0.25) is 0 Å². The fourth-order valence-corrected chi connectivity index (χ4v) is 6.35. The van der Waals surface area contributed by atoms with Gasteiger partial charge in [0.15, 0.2) is 0 Å². The Morgan fingerprint density at radius 3 is 2.53 bits per heavy atom. The number of nitrogens with zero attached hydrogens (tertiary/aromatic N) is 3. The van der Waals surface area contributed by atoms with Crippen molar-refractivity contribution in [2.45, 2.75) is 26.8 Å². The lowest BCUT2D eigenvalue weighted by Crippen LogP contribution is -2.42. The van der Waals surface area contributed by atoms with Gasteiger partial charge in [-0.1, -0.05) is 58.0 Å². The van der Waals surface area contributed by atoms with Crippen LogP contribution in [0.2, 0.25) is 0 Å². The Balaban J connectivity index is 2.01. The molecule has 188 valence electrons. The van der Waals surface area contributed by atoms with Crippen LogP contribution in [0.3, 0.4) is 0 Å². The molecule has 0 amide bonds. The number of nitrogens with one attached hydrogen (secondary N) is 1. The van der Waals surface area contributed by atoms with Crippen LogP contribution in [-0.2, 0) is 6.54 Å². The first-order chi connectivity index (χ1) is 16.3. The minimum absolute atomic E-state index is 1.06. The number of benzene rings is 1. The third-order valence-corrected chi connectivity index (χ3v) is 8.49. The fraction of sp³-hybridized carbons (Fsp3) is 0.500. The predicted molar refractivity (Wildman–Crippen MR) is 158 cm³/mol. The van der Waals surface area contributed by atoms with Crippen LogP contribution in [0.25, 0.3) is 17.0 Å². The summed E-state index contributed by atoms with van der Waals surface area (Å²) in [4.78, 5) is 2.25. The molecule has 0 saturated carbocycles. The molecular formula is C28H45N4S2+. The van der Waals surface area contributed by atoms with E-state index in [1.54, 1.807) is 0 Å². The molecule has 34 heavy (non-hydrogen) atoms. The van der Waals surface area contributed by atoms with Crippen molar-refractivity contribution in [2.75, 3.05) is 66.4 Å². The van der Waals surface area contributed by atoms with E-state index >= 15 is 0 Å². The molecule has 2 rings (SSSR count). The van der Waals surface area contributed by atoms with Crippen molar-refractivity contribution in [1.82, 2.24) is 14.8 Å². The molecule has 0 aliphatic rings. The number of aryl methyl sites for hydroxylation is 1. The molecule has 0 spiro atoms. The molecule has 0 fully saturated rings. The molecule has 0 bridgehead atoms. The Kier molecular flexibility index (Phi) is 12.4. The van der Waals surface area contributed by atoms with Gasteiger partial charge in [-0.05, 0) is 51.9 Å². The molecule has 1 aromatic heterocycles. The minimum Gasteiger partial charge on any atom is -0.394 e. The highest BCUT2D eigenvalue weighted by Crippen LogP contribution is 2.28. The molecule has 1 aromatic carbocycles. The van der Waals surface area contributed by atoms with Crippen molar-refractivity contribution < 1.29 is 4.48 Å². The smallest absolute Gasteiger partial charge is 0.0882 e. The standard InChI is InChI=1S/C28H45N4S2/c1-8-25(16-17-29-3)14-15-26-24(2)31(28-13-10-9-12-27(26)28)18-11-20-32(6,7)21-23-34-33-22-19-30(4)5/h8-10,12-17,29H,11,18-23H2,1-7H3/q+1/b15-14+,17-16-,25-8-. The lowest BCUT2D eigenvalue weighted by atomic mass is 10.1. The Labute approximate surface area is 216 Å². The number of rotatable bonds is 15. The van der Waals surface area contributed by atoms with Crippen LogP contribution in [0.4, 0.5) is 0 Å². The molecule has 2 aromatic rings. The van der Waals surface area contributed by atoms with Crippen molar-refractivity contribution in [3.05, 3.63) is 65.5 Å². The number of quaternary nitrogens is 1. The zero-order valence-electron chi connectivity index (χ0n) is 22.3. The van der Waals surface area contributed by atoms with Gasteiger partial charge in [-0.3, -0.25) is 0 Å². The average Bonchev–Trinajstić information content (AvgIpc) is 3.07. The molecule has 0 radical (unpaired) electrons. The maximum Gasteiger partial charge on any atom is 0.0882 e. The number of fused-ring (bicyclic) bond motifs is 1. The Morgan fingerprint density at radius 2 is 1.82 bits per heavy atom. The summed E-state index contributed by atoms with van der Waals surface area (Å²) in [5.41, 5.74) is 5.21. The SMILES string of the molecule is C/C=C(\C=C/NC)/C=C/c1c(C)n(CCC[N+](C)(C)CCSSCCN(C)C)c2ccccc12. The first kappa shape index (κ1) is 28.6. The van der Waals surface area contributed by atoms with E-state index in [0.717, 1.165) is 17.6 Å². The Morgan fingerprint density at radius 1 is 1.09 bits per heavy atom. The zero-order valence-corrected chi connectivity index (χ0v) is 23.9. The molecule has 0 aliphatic carbocycles. The van der Waals surface area contributed by atoms with Crippen molar-refractivity contribution in [3.63, 3.8) is 0 Å². The number of aromatic nitrogens is 1. The molecule has 6 heteroatoms. The second kappa shape index (κ2) is 14.7. The van der Waals surface area contributed by atoms with E-state index in [2.05, 4.69) is 105 Å². The quantitative estimate of drug-likeness (QED) is 0.139. The van der Waals surface area contributed by atoms with E-state index in [4.69, 9.17) is 0 Å². The van der Waals surface area contributed by atoms with Crippen LogP contribution in [-0.4, -0.2) is 80.3 Å². The molecule has 0 aliphatic heterocycles. The maximum atomic E-state index is 3.07. The lowest BCUT2D eigenvalue weighted by molar-refractivity contribution is -0.888. The average molecular weight is 502 g/mol. The molecule has 0 saturated heterocycles. The Hall–Kier alpha value is -1.60. The third kappa shape index (κ3) is 9.21. The molecule has 1 heterocycles. The van der Waals surface area contributed by atoms with Crippen LogP contribution < -0.4 is 5.32 Å². The maximum absolute atomic E-state index is 3.07. The van der Waals surface area contributed by atoms with Gasteiger partial charge in [0.05, 0.1) is 32.9 Å². The number of hydrogen-bond donors (Lipinski definition) is 1. The van der Waals surface area contributed by atoms with E-state index in [9.17, 15) is 0 Å².